The SMILES string of the molecule is CC(C)(C)OC(=O)C1(NC(CS)C(=O)O)CCCCC1. The normalized spacial score (nSPS) is 20.2. The molecule has 0 aromatic rings. The Morgan fingerprint density at radius 2 is 1.85 bits per heavy atom. The lowest BCUT2D eigenvalue weighted by Gasteiger charge is -2.39. The van der Waals surface area contributed by atoms with Crippen LogP contribution in [0.5, 0.6) is 0 Å². The van der Waals surface area contributed by atoms with Crippen LogP contribution in [-0.2, 0) is 14.3 Å². The van der Waals surface area contributed by atoms with Gasteiger partial charge >= 0.3 is 11.9 Å². The van der Waals surface area contributed by atoms with Gasteiger partial charge in [-0.25, -0.2) is 0 Å². The van der Waals surface area contributed by atoms with E-state index in [0.29, 0.717) is 12.8 Å². The summed E-state index contributed by atoms with van der Waals surface area (Å²) in [4.78, 5) is 23.7. The molecule has 2 N–H and O–H groups in total. The molecule has 0 amide bonds. The maximum absolute atomic E-state index is 12.5. The van der Waals surface area contributed by atoms with E-state index in [9.17, 15) is 9.59 Å². The molecule has 0 heterocycles. The zero-order chi connectivity index (χ0) is 15.4. The first-order valence-corrected chi connectivity index (χ1v) is 7.68. The van der Waals surface area contributed by atoms with Crippen molar-refractivity contribution in [2.45, 2.75) is 70.1 Å². The van der Waals surface area contributed by atoms with Crippen molar-refractivity contribution in [3.8, 4) is 0 Å². The van der Waals surface area contributed by atoms with Crippen molar-refractivity contribution in [1.29, 1.82) is 0 Å². The van der Waals surface area contributed by atoms with Crippen molar-refractivity contribution in [3.63, 3.8) is 0 Å². The fraction of sp³-hybridized carbons (Fsp3) is 0.857. The van der Waals surface area contributed by atoms with Gasteiger partial charge in [0.1, 0.15) is 17.2 Å². The van der Waals surface area contributed by atoms with Crippen LogP contribution in [0, 0.1) is 0 Å². The summed E-state index contributed by atoms with van der Waals surface area (Å²) in [5, 5.41) is 12.2. The number of carboxylic acid groups (broad SMARTS) is 1. The summed E-state index contributed by atoms with van der Waals surface area (Å²) in [6, 6.07) is -0.844. The number of ether oxygens (including phenoxy) is 1. The number of nitrogens with one attached hydrogen (secondary N) is 1. The minimum Gasteiger partial charge on any atom is -0.480 e. The summed E-state index contributed by atoms with van der Waals surface area (Å²) in [5.74, 6) is -1.20. The Labute approximate surface area is 125 Å². The van der Waals surface area contributed by atoms with E-state index in [0.717, 1.165) is 19.3 Å². The van der Waals surface area contributed by atoms with Gasteiger partial charge < -0.3 is 9.84 Å². The first kappa shape index (κ1) is 17.3. The molecule has 0 aromatic carbocycles. The Balaban J connectivity index is 2.91. The van der Waals surface area contributed by atoms with E-state index >= 15 is 0 Å². The fourth-order valence-corrected chi connectivity index (χ4v) is 2.70. The van der Waals surface area contributed by atoms with Crippen molar-refractivity contribution < 1.29 is 19.4 Å². The quantitative estimate of drug-likeness (QED) is 0.535. The number of hydrogen-bond donors (Lipinski definition) is 3. The molecular weight excluding hydrogens is 278 g/mol. The second-order valence-corrected chi connectivity index (χ2v) is 6.73. The molecule has 1 fully saturated rings. The predicted molar refractivity (Wildman–Crippen MR) is 80.1 cm³/mol. The van der Waals surface area contributed by atoms with Crippen LogP contribution < -0.4 is 5.32 Å². The molecule has 1 unspecified atom stereocenters. The van der Waals surface area contributed by atoms with Gasteiger partial charge in [0.15, 0.2) is 0 Å². The molecule has 0 aliphatic heterocycles. The number of thiol groups is 1. The number of carboxylic acids is 1. The number of carbonyl (C=O) groups is 2. The van der Waals surface area contributed by atoms with Crippen molar-refractivity contribution in [1.82, 2.24) is 5.32 Å². The Morgan fingerprint density at radius 1 is 1.30 bits per heavy atom. The van der Waals surface area contributed by atoms with Crippen LogP contribution >= 0.6 is 12.6 Å². The van der Waals surface area contributed by atoms with Crippen LogP contribution in [0.25, 0.3) is 0 Å². The fourth-order valence-electron chi connectivity index (χ4n) is 2.46. The third kappa shape index (κ3) is 4.66. The first-order valence-electron chi connectivity index (χ1n) is 7.05. The Hall–Kier alpha value is -0.750. The molecule has 1 saturated carbocycles. The molecule has 0 saturated heterocycles. The Morgan fingerprint density at radius 3 is 2.25 bits per heavy atom. The molecule has 5 nitrogen and oxygen atoms in total. The number of esters is 1. The zero-order valence-electron chi connectivity index (χ0n) is 12.4. The molecule has 1 aliphatic rings. The molecule has 0 bridgehead atoms. The molecule has 1 rings (SSSR count). The van der Waals surface area contributed by atoms with Crippen molar-refractivity contribution in [3.05, 3.63) is 0 Å². The number of aliphatic carboxylic acids is 1. The summed E-state index contributed by atoms with van der Waals surface area (Å²) >= 11 is 4.05. The maximum atomic E-state index is 12.5. The number of carbonyl (C=O) groups excluding carboxylic acids is 1. The van der Waals surface area contributed by atoms with E-state index in [1.54, 1.807) is 0 Å². The Bertz CT molecular complexity index is 359. The zero-order valence-corrected chi connectivity index (χ0v) is 13.3. The van der Waals surface area contributed by atoms with Crippen LogP contribution in [0.4, 0.5) is 0 Å². The van der Waals surface area contributed by atoms with Crippen LogP contribution in [0.15, 0.2) is 0 Å². The van der Waals surface area contributed by atoms with Crippen LogP contribution in [-0.4, -0.2) is 40.0 Å². The van der Waals surface area contributed by atoms with Gasteiger partial charge in [-0.05, 0) is 33.6 Å². The van der Waals surface area contributed by atoms with E-state index < -0.39 is 23.2 Å². The highest BCUT2D eigenvalue weighted by Gasteiger charge is 2.44. The van der Waals surface area contributed by atoms with Crippen molar-refractivity contribution in [2.24, 2.45) is 0 Å². The highest BCUT2D eigenvalue weighted by Crippen LogP contribution is 2.31. The van der Waals surface area contributed by atoms with Crippen molar-refractivity contribution >= 4 is 24.6 Å². The van der Waals surface area contributed by atoms with Gasteiger partial charge in [-0.15, -0.1) is 0 Å². The van der Waals surface area contributed by atoms with E-state index in [1.165, 1.54) is 0 Å². The molecule has 20 heavy (non-hydrogen) atoms. The maximum Gasteiger partial charge on any atom is 0.326 e. The number of rotatable bonds is 5. The van der Waals surface area contributed by atoms with Gasteiger partial charge in [0.25, 0.3) is 0 Å². The largest absolute Gasteiger partial charge is 0.480 e. The average Bonchev–Trinajstić information content (AvgIpc) is 2.34. The topological polar surface area (TPSA) is 75.6 Å². The molecule has 0 aromatic heterocycles. The highest BCUT2D eigenvalue weighted by atomic mass is 32.1. The summed E-state index contributed by atoms with van der Waals surface area (Å²) in [6.07, 6.45) is 4.07. The minimum atomic E-state index is -0.992. The summed E-state index contributed by atoms with van der Waals surface area (Å²) in [6.45, 7) is 5.44. The lowest BCUT2D eigenvalue weighted by Crippen LogP contribution is -2.60. The second-order valence-electron chi connectivity index (χ2n) is 6.36. The third-order valence-corrected chi connectivity index (χ3v) is 3.79. The van der Waals surface area contributed by atoms with Crippen LogP contribution in [0.3, 0.4) is 0 Å². The van der Waals surface area contributed by atoms with E-state index in [-0.39, 0.29) is 11.7 Å². The molecule has 1 atom stereocenters. The predicted octanol–water partition coefficient (Wildman–Crippen LogP) is 2.00. The number of hydrogen-bond acceptors (Lipinski definition) is 5. The van der Waals surface area contributed by atoms with Gasteiger partial charge in [0.2, 0.25) is 0 Å². The third-order valence-electron chi connectivity index (χ3n) is 3.43. The lowest BCUT2D eigenvalue weighted by molar-refractivity contribution is -0.165. The molecule has 116 valence electrons. The smallest absolute Gasteiger partial charge is 0.326 e. The van der Waals surface area contributed by atoms with Gasteiger partial charge in [-0.2, -0.15) is 12.6 Å². The monoisotopic (exact) mass is 303 g/mol. The molecular formula is C14H25NO4S. The Kier molecular flexibility index (Phi) is 5.89. The van der Waals surface area contributed by atoms with Gasteiger partial charge in [0, 0.05) is 5.75 Å². The van der Waals surface area contributed by atoms with E-state index in [2.05, 4.69) is 17.9 Å². The van der Waals surface area contributed by atoms with Gasteiger partial charge in [-0.3, -0.25) is 14.9 Å². The van der Waals surface area contributed by atoms with Crippen LogP contribution in [0.2, 0.25) is 0 Å². The molecule has 0 radical (unpaired) electrons. The molecule has 0 spiro atoms. The average molecular weight is 303 g/mol. The summed E-state index contributed by atoms with van der Waals surface area (Å²) < 4.78 is 5.49. The second kappa shape index (κ2) is 6.80. The van der Waals surface area contributed by atoms with E-state index in [1.807, 2.05) is 20.8 Å². The summed E-state index contributed by atoms with van der Waals surface area (Å²) in [7, 11) is 0. The first-order chi connectivity index (χ1) is 9.20. The van der Waals surface area contributed by atoms with Gasteiger partial charge in [0.05, 0.1) is 0 Å². The van der Waals surface area contributed by atoms with Crippen LogP contribution in [0.1, 0.15) is 52.9 Å². The van der Waals surface area contributed by atoms with Gasteiger partial charge in [-0.1, -0.05) is 19.3 Å². The highest BCUT2D eigenvalue weighted by molar-refractivity contribution is 7.80. The minimum absolute atomic E-state index is 0.139. The van der Waals surface area contributed by atoms with E-state index in [4.69, 9.17) is 9.84 Å². The lowest BCUT2D eigenvalue weighted by atomic mass is 9.81. The van der Waals surface area contributed by atoms with Crippen molar-refractivity contribution in [2.75, 3.05) is 5.75 Å². The molecule has 6 heteroatoms. The molecule has 1 aliphatic carbocycles. The standard InChI is InChI=1S/C14H25NO4S/c1-13(2,3)19-12(18)14(7-5-4-6-8-14)15-10(9-20)11(16)17/h10,15,20H,4-9H2,1-3H3,(H,16,17). The summed E-state index contributed by atoms with van der Waals surface area (Å²) in [5.41, 5.74) is -1.47.